The van der Waals surface area contributed by atoms with E-state index in [1.807, 2.05) is 6.92 Å². The van der Waals surface area contributed by atoms with Gasteiger partial charge >= 0.3 is 5.97 Å². The molecule has 1 heterocycles. The average molecular weight is 228 g/mol. The molecule has 0 amide bonds. The zero-order valence-electron chi connectivity index (χ0n) is 9.13. The molecule has 1 aromatic heterocycles. The van der Waals surface area contributed by atoms with Crippen molar-refractivity contribution in [3.8, 4) is 0 Å². The Morgan fingerprint density at radius 2 is 2.44 bits per heavy atom. The summed E-state index contributed by atoms with van der Waals surface area (Å²) in [6.45, 7) is 3.33. The minimum atomic E-state index is -1.08. The minimum Gasteiger partial charge on any atom is -0.476 e. The van der Waals surface area contributed by atoms with Crippen LogP contribution in [0.25, 0.3) is 0 Å². The molecule has 1 aromatic rings. The number of hydrogen-bond acceptors (Lipinski definition) is 5. The van der Waals surface area contributed by atoms with Gasteiger partial charge in [-0.3, -0.25) is 4.68 Å². The number of carbonyl (C=O) groups is 1. The zero-order chi connectivity index (χ0) is 12.0. The number of aliphatic hydroxyl groups excluding tert-OH is 1. The molecular weight excluding hydrogens is 212 g/mol. The Labute approximate surface area is 93.1 Å². The number of carboxylic acid groups (broad SMARTS) is 1. The third kappa shape index (κ3) is 3.95. The van der Waals surface area contributed by atoms with Gasteiger partial charge in [-0.2, -0.15) is 0 Å². The van der Waals surface area contributed by atoms with Gasteiger partial charge in [-0.25, -0.2) is 4.79 Å². The van der Waals surface area contributed by atoms with Crippen molar-refractivity contribution >= 4 is 5.97 Å². The van der Waals surface area contributed by atoms with Crippen LogP contribution < -0.4 is 5.32 Å². The lowest BCUT2D eigenvalue weighted by atomic mass is 10.2. The highest BCUT2D eigenvalue weighted by Gasteiger charge is 2.07. The van der Waals surface area contributed by atoms with E-state index in [2.05, 4.69) is 15.6 Å². The monoisotopic (exact) mass is 228 g/mol. The van der Waals surface area contributed by atoms with Crippen molar-refractivity contribution < 1.29 is 15.0 Å². The smallest absolute Gasteiger partial charge is 0.358 e. The van der Waals surface area contributed by atoms with Crippen molar-refractivity contribution in [3.05, 3.63) is 11.9 Å². The summed E-state index contributed by atoms with van der Waals surface area (Å²) in [6, 6.07) is 0.229. The molecule has 0 aromatic carbocycles. The average Bonchev–Trinajstić information content (AvgIpc) is 2.67. The third-order valence-corrected chi connectivity index (χ3v) is 2.15. The third-order valence-electron chi connectivity index (χ3n) is 2.15. The molecule has 0 fully saturated rings. The number of carboxylic acids is 1. The predicted octanol–water partition coefficient (Wildman–Crippen LogP) is -0.663. The maximum Gasteiger partial charge on any atom is 0.358 e. The molecular formula is C9H16N4O3. The van der Waals surface area contributed by atoms with Crippen molar-refractivity contribution in [2.24, 2.45) is 0 Å². The van der Waals surface area contributed by atoms with E-state index >= 15 is 0 Å². The first-order chi connectivity index (χ1) is 7.63. The lowest BCUT2D eigenvalue weighted by Crippen LogP contribution is -2.30. The number of rotatable bonds is 7. The molecule has 0 spiro atoms. The standard InChI is InChI=1S/C9H16N4O3/c1-7(2-5-14)10-3-4-13-6-8(9(15)16)11-12-13/h6-7,10,14H,2-5H2,1H3,(H,15,16). The van der Waals surface area contributed by atoms with E-state index in [9.17, 15) is 4.79 Å². The molecule has 1 rings (SSSR count). The fraction of sp³-hybridized carbons (Fsp3) is 0.667. The van der Waals surface area contributed by atoms with Crippen LogP contribution in [0.2, 0.25) is 0 Å². The summed E-state index contributed by atoms with van der Waals surface area (Å²) in [5, 5.41) is 27.7. The minimum absolute atomic E-state index is 0.0524. The van der Waals surface area contributed by atoms with E-state index in [0.717, 1.165) is 0 Å². The number of hydrogen-bond donors (Lipinski definition) is 3. The molecule has 0 aliphatic carbocycles. The van der Waals surface area contributed by atoms with Gasteiger partial charge in [-0.05, 0) is 13.3 Å². The second-order valence-corrected chi connectivity index (χ2v) is 3.54. The molecule has 1 atom stereocenters. The number of aliphatic hydroxyl groups is 1. The first-order valence-corrected chi connectivity index (χ1v) is 5.11. The fourth-order valence-corrected chi connectivity index (χ4v) is 1.23. The van der Waals surface area contributed by atoms with Gasteiger partial charge in [0, 0.05) is 19.2 Å². The van der Waals surface area contributed by atoms with Gasteiger partial charge in [0.05, 0.1) is 12.7 Å². The zero-order valence-corrected chi connectivity index (χ0v) is 9.13. The van der Waals surface area contributed by atoms with Crippen LogP contribution in [0.15, 0.2) is 6.20 Å². The Morgan fingerprint density at radius 1 is 1.69 bits per heavy atom. The summed E-state index contributed by atoms with van der Waals surface area (Å²) in [5.41, 5.74) is -0.0524. The SMILES string of the molecule is CC(CCO)NCCn1cc(C(=O)O)nn1. The van der Waals surface area contributed by atoms with Crippen molar-refractivity contribution in [1.29, 1.82) is 0 Å². The van der Waals surface area contributed by atoms with E-state index < -0.39 is 5.97 Å². The number of aromatic nitrogens is 3. The quantitative estimate of drug-likeness (QED) is 0.572. The van der Waals surface area contributed by atoms with Crippen LogP contribution in [-0.2, 0) is 6.54 Å². The summed E-state index contributed by atoms with van der Waals surface area (Å²) in [6.07, 6.45) is 2.08. The van der Waals surface area contributed by atoms with Gasteiger partial charge < -0.3 is 15.5 Å². The maximum atomic E-state index is 10.5. The van der Waals surface area contributed by atoms with Crippen molar-refractivity contribution in [1.82, 2.24) is 20.3 Å². The lowest BCUT2D eigenvalue weighted by Gasteiger charge is -2.11. The van der Waals surface area contributed by atoms with Crippen LogP contribution >= 0.6 is 0 Å². The molecule has 1 unspecified atom stereocenters. The molecule has 3 N–H and O–H groups in total. The van der Waals surface area contributed by atoms with Gasteiger partial charge in [0.2, 0.25) is 0 Å². The van der Waals surface area contributed by atoms with Gasteiger partial charge in [-0.15, -0.1) is 5.10 Å². The van der Waals surface area contributed by atoms with E-state index in [1.54, 1.807) is 0 Å². The Kier molecular flexibility index (Phi) is 4.87. The molecule has 90 valence electrons. The van der Waals surface area contributed by atoms with E-state index in [4.69, 9.17) is 10.2 Å². The first-order valence-electron chi connectivity index (χ1n) is 5.11. The van der Waals surface area contributed by atoms with Crippen molar-refractivity contribution in [3.63, 3.8) is 0 Å². The summed E-state index contributed by atoms with van der Waals surface area (Å²) in [7, 11) is 0. The van der Waals surface area contributed by atoms with Crippen LogP contribution in [-0.4, -0.2) is 50.4 Å². The highest BCUT2D eigenvalue weighted by molar-refractivity contribution is 5.84. The van der Waals surface area contributed by atoms with Crippen LogP contribution in [0.4, 0.5) is 0 Å². The number of aromatic carboxylic acids is 1. The molecule has 0 aliphatic heterocycles. The van der Waals surface area contributed by atoms with Crippen LogP contribution in [0.5, 0.6) is 0 Å². The summed E-state index contributed by atoms with van der Waals surface area (Å²) in [4.78, 5) is 10.5. The first kappa shape index (κ1) is 12.6. The van der Waals surface area contributed by atoms with E-state index in [0.29, 0.717) is 19.5 Å². The number of nitrogens with zero attached hydrogens (tertiary/aromatic N) is 3. The molecule has 0 aliphatic rings. The highest BCUT2D eigenvalue weighted by atomic mass is 16.4. The Balaban J connectivity index is 2.29. The lowest BCUT2D eigenvalue weighted by molar-refractivity contribution is 0.0690. The highest BCUT2D eigenvalue weighted by Crippen LogP contribution is 1.93. The molecule has 0 saturated heterocycles. The topological polar surface area (TPSA) is 100 Å². The Hall–Kier alpha value is -1.47. The van der Waals surface area contributed by atoms with Crippen molar-refractivity contribution in [2.75, 3.05) is 13.2 Å². The van der Waals surface area contributed by atoms with Gasteiger partial charge in [-0.1, -0.05) is 5.21 Å². The molecule has 0 saturated carbocycles. The second kappa shape index (κ2) is 6.19. The largest absolute Gasteiger partial charge is 0.476 e. The number of nitrogens with one attached hydrogen (secondary N) is 1. The van der Waals surface area contributed by atoms with Crippen LogP contribution in [0.3, 0.4) is 0 Å². The normalized spacial score (nSPS) is 12.6. The van der Waals surface area contributed by atoms with E-state index in [1.165, 1.54) is 10.9 Å². The molecule has 0 radical (unpaired) electrons. The summed E-state index contributed by atoms with van der Waals surface area (Å²) in [5.74, 6) is -1.08. The Morgan fingerprint density at radius 3 is 3.00 bits per heavy atom. The molecule has 0 bridgehead atoms. The van der Waals surface area contributed by atoms with Gasteiger partial charge in [0.1, 0.15) is 0 Å². The summed E-state index contributed by atoms with van der Waals surface area (Å²) < 4.78 is 1.47. The van der Waals surface area contributed by atoms with Gasteiger partial charge in [0.15, 0.2) is 5.69 Å². The van der Waals surface area contributed by atoms with Crippen LogP contribution in [0.1, 0.15) is 23.8 Å². The molecule has 16 heavy (non-hydrogen) atoms. The second-order valence-electron chi connectivity index (χ2n) is 3.54. The molecule has 7 heteroatoms. The molecule has 7 nitrogen and oxygen atoms in total. The van der Waals surface area contributed by atoms with Gasteiger partial charge in [0.25, 0.3) is 0 Å². The summed E-state index contributed by atoms with van der Waals surface area (Å²) >= 11 is 0. The Bertz CT molecular complexity index is 339. The predicted molar refractivity (Wildman–Crippen MR) is 56.1 cm³/mol. The fourth-order valence-electron chi connectivity index (χ4n) is 1.23. The van der Waals surface area contributed by atoms with Crippen LogP contribution in [0, 0.1) is 0 Å². The maximum absolute atomic E-state index is 10.5. The van der Waals surface area contributed by atoms with E-state index in [-0.39, 0.29) is 18.3 Å². The van der Waals surface area contributed by atoms with Crippen molar-refractivity contribution in [2.45, 2.75) is 25.9 Å².